The third-order valence-corrected chi connectivity index (χ3v) is 4.99. The quantitative estimate of drug-likeness (QED) is 0.876. The molecule has 1 saturated heterocycles. The first-order valence-electron chi connectivity index (χ1n) is 8.86. The highest BCUT2D eigenvalue weighted by atomic mass is 16.5. The number of aliphatic hydroxyl groups is 1. The molecule has 1 aliphatic carbocycles. The fourth-order valence-electron chi connectivity index (χ4n) is 3.58. The summed E-state index contributed by atoms with van der Waals surface area (Å²) in [7, 11) is 0. The second-order valence-corrected chi connectivity index (χ2v) is 6.83. The molecule has 1 aromatic heterocycles. The molecule has 6 heteroatoms. The van der Waals surface area contributed by atoms with Crippen molar-refractivity contribution in [2.75, 3.05) is 19.7 Å². The van der Waals surface area contributed by atoms with E-state index >= 15 is 0 Å². The van der Waals surface area contributed by atoms with Gasteiger partial charge in [-0.15, -0.1) is 0 Å². The lowest BCUT2D eigenvalue weighted by atomic mass is 9.99. The van der Waals surface area contributed by atoms with Gasteiger partial charge in [-0.25, -0.2) is 0 Å². The van der Waals surface area contributed by atoms with Crippen LogP contribution in [0.3, 0.4) is 0 Å². The van der Waals surface area contributed by atoms with Crippen LogP contribution in [-0.4, -0.2) is 42.2 Å². The molecule has 0 spiro atoms. The Balaban J connectivity index is 1.50. The van der Waals surface area contributed by atoms with Crippen molar-refractivity contribution in [1.82, 2.24) is 10.5 Å². The minimum absolute atomic E-state index is 0.0396. The number of nitrogens with one attached hydrogen (secondary N) is 1. The molecule has 1 saturated carbocycles. The van der Waals surface area contributed by atoms with Crippen molar-refractivity contribution in [2.24, 2.45) is 5.92 Å². The van der Waals surface area contributed by atoms with Gasteiger partial charge in [-0.3, -0.25) is 0 Å². The second kappa shape index (κ2) is 6.99. The maximum atomic E-state index is 9.69. The molecule has 0 unspecified atom stereocenters. The molecule has 2 atom stereocenters. The van der Waals surface area contributed by atoms with Gasteiger partial charge in [0.05, 0.1) is 12.7 Å². The van der Waals surface area contributed by atoms with Crippen molar-refractivity contribution in [3.63, 3.8) is 0 Å². The summed E-state index contributed by atoms with van der Waals surface area (Å²) in [5.74, 6) is 1.79. The summed E-state index contributed by atoms with van der Waals surface area (Å²) in [6.07, 6.45) is 4.37. The van der Waals surface area contributed by atoms with Crippen molar-refractivity contribution in [3.05, 3.63) is 18.2 Å². The SMILES string of the molecule is O[C@@H]1CC[C@@H](Oc2cccc3onc(OCC4CCNCC4)c23)C1. The van der Waals surface area contributed by atoms with E-state index in [1.807, 2.05) is 18.2 Å². The minimum atomic E-state index is -0.257. The maximum Gasteiger partial charge on any atom is 0.265 e. The lowest BCUT2D eigenvalue weighted by Gasteiger charge is -2.22. The van der Waals surface area contributed by atoms with Gasteiger partial charge in [-0.1, -0.05) is 6.07 Å². The van der Waals surface area contributed by atoms with E-state index in [0.29, 0.717) is 30.4 Å². The summed E-state index contributed by atoms with van der Waals surface area (Å²) < 4.78 is 17.5. The molecule has 130 valence electrons. The number of aromatic nitrogens is 1. The Kier molecular flexibility index (Phi) is 4.58. The normalized spacial score (nSPS) is 25.2. The van der Waals surface area contributed by atoms with Gasteiger partial charge in [0.2, 0.25) is 0 Å². The van der Waals surface area contributed by atoms with Gasteiger partial charge in [0.25, 0.3) is 5.88 Å². The molecule has 1 aromatic carbocycles. The van der Waals surface area contributed by atoms with Crippen LogP contribution in [0.25, 0.3) is 11.0 Å². The van der Waals surface area contributed by atoms with Gasteiger partial charge in [-0.2, -0.15) is 0 Å². The molecule has 2 fully saturated rings. The summed E-state index contributed by atoms with van der Waals surface area (Å²) in [6, 6.07) is 5.68. The maximum absolute atomic E-state index is 9.69. The number of rotatable bonds is 5. The van der Waals surface area contributed by atoms with Crippen molar-refractivity contribution in [1.29, 1.82) is 0 Å². The number of hydrogen-bond acceptors (Lipinski definition) is 6. The van der Waals surface area contributed by atoms with Crippen molar-refractivity contribution in [3.8, 4) is 11.6 Å². The van der Waals surface area contributed by atoms with E-state index in [-0.39, 0.29) is 12.2 Å². The van der Waals surface area contributed by atoms with E-state index < -0.39 is 0 Å². The van der Waals surface area contributed by atoms with Gasteiger partial charge in [-0.05, 0) is 62.0 Å². The zero-order chi connectivity index (χ0) is 16.4. The summed E-state index contributed by atoms with van der Waals surface area (Å²) in [5.41, 5.74) is 0.673. The minimum Gasteiger partial charge on any atom is -0.489 e. The number of nitrogens with zero attached hydrogens (tertiary/aromatic N) is 1. The fourth-order valence-corrected chi connectivity index (χ4v) is 3.58. The topological polar surface area (TPSA) is 76.8 Å². The van der Waals surface area contributed by atoms with E-state index in [1.165, 1.54) is 0 Å². The average molecular weight is 332 g/mol. The van der Waals surface area contributed by atoms with Crippen molar-refractivity contribution < 1.29 is 19.1 Å². The Hall–Kier alpha value is -1.79. The molecule has 6 nitrogen and oxygen atoms in total. The van der Waals surface area contributed by atoms with E-state index in [9.17, 15) is 5.11 Å². The van der Waals surface area contributed by atoms with Crippen LogP contribution in [0.1, 0.15) is 32.1 Å². The molecule has 4 rings (SSSR count). The first kappa shape index (κ1) is 15.7. The predicted octanol–water partition coefficient (Wildman–Crippen LogP) is 2.50. The molecule has 2 aromatic rings. The summed E-state index contributed by atoms with van der Waals surface area (Å²) in [5, 5.41) is 17.9. The van der Waals surface area contributed by atoms with E-state index in [0.717, 1.165) is 49.9 Å². The van der Waals surface area contributed by atoms with Gasteiger partial charge in [0.1, 0.15) is 17.2 Å². The molecule has 0 radical (unpaired) electrons. The van der Waals surface area contributed by atoms with Gasteiger partial charge in [0, 0.05) is 6.42 Å². The second-order valence-electron chi connectivity index (χ2n) is 6.83. The predicted molar refractivity (Wildman–Crippen MR) is 89.4 cm³/mol. The molecular weight excluding hydrogens is 308 g/mol. The Labute approximate surface area is 141 Å². The average Bonchev–Trinajstić information content (AvgIpc) is 3.21. The first-order valence-corrected chi connectivity index (χ1v) is 8.86. The number of ether oxygens (including phenoxy) is 2. The van der Waals surface area contributed by atoms with Crippen LogP contribution in [0.4, 0.5) is 0 Å². The Morgan fingerprint density at radius 3 is 2.88 bits per heavy atom. The largest absolute Gasteiger partial charge is 0.489 e. The highest BCUT2D eigenvalue weighted by molar-refractivity contribution is 5.88. The number of piperidine rings is 1. The Morgan fingerprint density at radius 1 is 1.21 bits per heavy atom. The molecule has 0 bridgehead atoms. The fraction of sp³-hybridized carbons (Fsp3) is 0.611. The van der Waals surface area contributed by atoms with E-state index in [2.05, 4.69) is 10.5 Å². The number of aliphatic hydroxyl groups excluding tert-OH is 1. The number of hydrogen-bond donors (Lipinski definition) is 2. The third-order valence-electron chi connectivity index (χ3n) is 4.99. The summed E-state index contributed by atoms with van der Waals surface area (Å²) in [4.78, 5) is 0. The highest BCUT2D eigenvalue weighted by Gasteiger charge is 2.26. The van der Waals surface area contributed by atoms with Gasteiger partial charge < -0.3 is 24.4 Å². The molecule has 1 aliphatic heterocycles. The lowest BCUT2D eigenvalue weighted by Crippen LogP contribution is -2.30. The molecule has 2 N–H and O–H groups in total. The third kappa shape index (κ3) is 3.35. The zero-order valence-electron chi connectivity index (χ0n) is 13.7. The molecular formula is C18H24N2O4. The van der Waals surface area contributed by atoms with Gasteiger partial charge >= 0.3 is 0 Å². The Bertz CT molecular complexity index is 681. The Morgan fingerprint density at radius 2 is 2.08 bits per heavy atom. The zero-order valence-corrected chi connectivity index (χ0v) is 13.7. The molecule has 24 heavy (non-hydrogen) atoms. The number of fused-ring (bicyclic) bond motifs is 1. The smallest absolute Gasteiger partial charge is 0.265 e. The van der Waals surface area contributed by atoms with E-state index in [1.54, 1.807) is 0 Å². The van der Waals surface area contributed by atoms with E-state index in [4.69, 9.17) is 14.0 Å². The first-order chi connectivity index (χ1) is 11.8. The van der Waals surface area contributed by atoms with Crippen molar-refractivity contribution >= 4 is 11.0 Å². The van der Waals surface area contributed by atoms with Crippen LogP contribution >= 0.6 is 0 Å². The van der Waals surface area contributed by atoms with Crippen LogP contribution in [0, 0.1) is 5.92 Å². The monoisotopic (exact) mass is 332 g/mol. The number of benzene rings is 1. The van der Waals surface area contributed by atoms with Crippen LogP contribution in [0.2, 0.25) is 0 Å². The van der Waals surface area contributed by atoms with Gasteiger partial charge in [0.15, 0.2) is 5.58 Å². The summed E-state index contributed by atoms with van der Waals surface area (Å²) >= 11 is 0. The van der Waals surface area contributed by atoms with Crippen LogP contribution in [0.15, 0.2) is 22.7 Å². The highest BCUT2D eigenvalue weighted by Crippen LogP contribution is 2.36. The van der Waals surface area contributed by atoms with Crippen LogP contribution in [-0.2, 0) is 0 Å². The van der Waals surface area contributed by atoms with Crippen molar-refractivity contribution in [2.45, 2.75) is 44.3 Å². The molecule has 2 heterocycles. The molecule has 2 aliphatic rings. The lowest BCUT2D eigenvalue weighted by molar-refractivity contribution is 0.150. The van der Waals surface area contributed by atoms with Crippen LogP contribution in [0.5, 0.6) is 11.6 Å². The summed E-state index contributed by atoms with van der Waals surface area (Å²) in [6.45, 7) is 2.75. The molecule has 0 amide bonds. The van der Waals surface area contributed by atoms with Crippen LogP contribution < -0.4 is 14.8 Å². The standard InChI is InChI=1S/C18H24N2O4/c21-13-4-5-14(10-13)23-15-2-1-3-16-17(15)18(20-24-16)22-11-12-6-8-19-9-7-12/h1-3,12-14,19,21H,4-11H2/t13-,14-/m1/s1.